The minimum absolute atomic E-state index is 0.0753. The summed E-state index contributed by atoms with van der Waals surface area (Å²) in [7, 11) is 0. The van der Waals surface area contributed by atoms with Crippen molar-refractivity contribution in [1.82, 2.24) is 15.2 Å². The van der Waals surface area contributed by atoms with Gasteiger partial charge in [-0.1, -0.05) is 48.9 Å². The maximum Gasteiger partial charge on any atom is 0.254 e. The van der Waals surface area contributed by atoms with Crippen molar-refractivity contribution < 1.29 is 44.9 Å². The number of ether oxygens (including phenoxy) is 2. The van der Waals surface area contributed by atoms with E-state index in [1.807, 2.05) is 42.7 Å². The fourth-order valence-corrected chi connectivity index (χ4v) is 6.60. The third kappa shape index (κ3) is 10.3. The van der Waals surface area contributed by atoms with Crippen LogP contribution in [0.1, 0.15) is 68.1 Å². The zero-order valence-corrected chi connectivity index (χ0v) is 30.4. The first-order valence-electron chi connectivity index (χ1n) is 18.1. The lowest BCUT2D eigenvalue weighted by molar-refractivity contribution is -0.159. The van der Waals surface area contributed by atoms with E-state index in [9.17, 15) is 25.2 Å². The number of carbonyl (C=O) groups is 1. The molecule has 12 nitrogen and oxygen atoms in total. The molecule has 3 aromatic rings. The zero-order valence-electron chi connectivity index (χ0n) is 29.6. The molecule has 2 aromatic carbocycles. The highest BCUT2D eigenvalue weighted by molar-refractivity contribution is 6.31. The Labute approximate surface area is 310 Å². The van der Waals surface area contributed by atoms with Gasteiger partial charge in [0.05, 0.1) is 32.5 Å². The van der Waals surface area contributed by atoms with Gasteiger partial charge >= 0.3 is 0 Å². The van der Waals surface area contributed by atoms with Crippen LogP contribution in [0.4, 0.5) is 0 Å². The number of nitrogens with zero attached hydrogens (tertiary/aromatic N) is 2. The number of halogens is 1. The molecule has 0 aliphatic heterocycles. The fraction of sp³-hybridized carbons (Fsp3) is 0.538. The molecule has 0 radical (unpaired) electrons. The molecule has 52 heavy (non-hydrogen) atoms. The number of para-hydroxylation sites is 1. The third-order valence-electron chi connectivity index (χ3n) is 9.96. The SMILES string of the molecule is CC(CCCN(CCOCCO)C(=O)[C@@H](O)[C@@H](O)[C@H](O)[C@@H](O)CO)c1ccc(Cl)c(CNC2(c3cnccc3-c3ccccc3OC3CC3)CC2)c1. The van der Waals surface area contributed by atoms with Crippen LogP contribution in [0, 0.1) is 0 Å². The van der Waals surface area contributed by atoms with Crippen LogP contribution in [0.5, 0.6) is 5.75 Å². The first-order valence-corrected chi connectivity index (χ1v) is 18.5. The number of nitrogens with one attached hydrogen (secondary N) is 1. The number of rotatable bonds is 22. The van der Waals surface area contributed by atoms with Crippen molar-refractivity contribution >= 4 is 17.5 Å². The van der Waals surface area contributed by atoms with Gasteiger partial charge in [-0.05, 0) is 84.9 Å². The second-order valence-corrected chi connectivity index (χ2v) is 14.3. The van der Waals surface area contributed by atoms with E-state index in [1.165, 1.54) is 4.90 Å². The lowest BCUT2D eigenvalue weighted by atomic mass is 9.93. The minimum Gasteiger partial charge on any atom is -0.490 e. The Hall–Kier alpha value is -3.17. The number of hydrogen-bond acceptors (Lipinski definition) is 11. The van der Waals surface area contributed by atoms with Crippen molar-refractivity contribution in [3.05, 3.63) is 82.6 Å². The van der Waals surface area contributed by atoms with Crippen molar-refractivity contribution in [1.29, 1.82) is 0 Å². The first kappa shape index (κ1) is 40.0. The van der Waals surface area contributed by atoms with E-state index >= 15 is 0 Å². The monoisotopic (exact) mass is 741 g/mol. The number of benzene rings is 2. The van der Waals surface area contributed by atoms with Crippen LogP contribution < -0.4 is 10.1 Å². The predicted molar refractivity (Wildman–Crippen MR) is 196 cm³/mol. The van der Waals surface area contributed by atoms with E-state index in [1.54, 1.807) is 0 Å². The molecule has 1 aromatic heterocycles. The summed E-state index contributed by atoms with van der Waals surface area (Å²) in [6.45, 7) is 2.07. The average Bonchev–Trinajstić information content (AvgIpc) is 4.12. The number of aliphatic hydroxyl groups excluding tert-OH is 6. The predicted octanol–water partition coefficient (Wildman–Crippen LogP) is 2.88. The third-order valence-corrected chi connectivity index (χ3v) is 10.3. The molecule has 0 spiro atoms. The van der Waals surface area contributed by atoms with E-state index in [0.29, 0.717) is 24.4 Å². The molecule has 284 valence electrons. The van der Waals surface area contributed by atoms with Crippen molar-refractivity contribution in [3.63, 3.8) is 0 Å². The van der Waals surface area contributed by atoms with Gasteiger partial charge in [0.15, 0.2) is 6.10 Å². The lowest BCUT2D eigenvalue weighted by Gasteiger charge is -2.30. The second kappa shape index (κ2) is 18.7. The summed E-state index contributed by atoms with van der Waals surface area (Å²) in [4.78, 5) is 19.0. The highest BCUT2D eigenvalue weighted by Gasteiger charge is 2.46. The van der Waals surface area contributed by atoms with Crippen molar-refractivity contribution in [2.75, 3.05) is 39.5 Å². The van der Waals surface area contributed by atoms with Gasteiger partial charge in [-0.3, -0.25) is 9.78 Å². The summed E-state index contributed by atoms with van der Waals surface area (Å²) in [6.07, 6.45) is 1.73. The Balaban J connectivity index is 1.21. The van der Waals surface area contributed by atoms with Crippen LogP contribution in [0.15, 0.2) is 60.9 Å². The van der Waals surface area contributed by atoms with Gasteiger partial charge in [-0.25, -0.2) is 0 Å². The van der Waals surface area contributed by atoms with Gasteiger partial charge < -0.3 is 50.3 Å². The van der Waals surface area contributed by atoms with Crippen LogP contribution in [-0.2, 0) is 21.6 Å². The first-order chi connectivity index (χ1) is 25.1. The van der Waals surface area contributed by atoms with Crippen LogP contribution in [0.25, 0.3) is 11.1 Å². The minimum atomic E-state index is -2.03. The highest BCUT2D eigenvalue weighted by atomic mass is 35.5. The summed E-state index contributed by atoms with van der Waals surface area (Å²) in [5.74, 6) is 0.144. The van der Waals surface area contributed by atoms with Gasteiger partial charge in [-0.2, -0.15) is 0 Å². The molecule has 0 bridgehead atoms. The van der Waals surface area contributed by atoms with Crippen LogP contribution in [0.3, 0.4) is 0 Å². The fourth-order valence-electron chi connectivity index (χ4n) is 6.42. The smallest absolute Gasteiger partial charge is 0.254 e. The molecule has 2 fully saturated rings. The molecule has 5 rings (SSSR count). The Kier molecular flexibility index (Phi) is 14.4. The molecule has 7 N–H and O–H groups in total. The Morgan fingerprint density at radius 1 is 1.02 bits per heavy atom. The number of aliphatic hydroxyl groups is 6. The highest BCUT2D eigenvalue weighted by Crippen LogP contribution is 2.50. The van der Waals surface area contributed by atoms with E-state index in [0.717, 1.165) is 59.3 Å². The summed E-state index contributed by atoms with van der Waals surface area (Å²) < 4.78 is 11.6. The molecular weight excluding hydrogens is 690 g/mol. The van der Waals surface area contributed by atoms with E-state index < -0.39 is 36.9 Å². The quantitative estimate of drug-likeness (QED) is 0.0752. The molecular formula is C39H52ClN3O9. The average molecular weight is 742 g/mol. The molecule has 0 saturated heterocycles. The van der Waals surface area contributed by atoms with E-state index in [-0.39, 0.29) is 50.5 Å². The topological polar surface area (TPSA) is 185 Å². The summed E-state index contributed by atoms with van der Waals surface area (Å²) >= 11 is 6.72. The van der Waals surface area contributed by atoms with Gasteiger partial charge in [-0.15, -0.1) is 0 Å². The Morgan fingerprint density at radius 3 is 2.50 bits per heavy atom. The van der Waals surface area contributed by atoms with Crippen molar-refractivity contribution in [2.45, 2.75) is 94.0 Å². The van der Waals surface area contributed by atoms with Crippen molar-refractivity contribution in [3.8, 4) is 16.9 Å². The summed E-state index contributed by atoms with van der Waals surface area (Å²) in [6, 6.07) is 16.3. The normalized spacial score (nSPS) is 17.9. The van der Waals surface area contributed by atoms with E-state index in [2.05, 4.69) is 35.4 Å². The molecule has 2 aliphatic rings. The standard InChI is InChI=1S/C39H52ClN3O9/c1-25(5-4-16-43(17-19-51-20-18-44)38(50)37(49)36(48)35(47)33(46)24-45)26-8-11-32(40)27(21-26)22-42-39(13-14-39)31-23-41-15-12-29(31)30-6-2-3-7-34(30)52-28-9-10-28/h2-3,6-8,11-12,15,21,23,25,28,33,35-37,42,44-49H,4-5,9-10,13-14,16-20,22,24H2,1H3/t25?,33-,35+,36-,37-/m0/s1. The maximum absolute atomic E-state index is 13.1. The molecule has 13 heteroatoms. The molecule has 1 heterocycles. The number of carbonyl (C=O) groups excluding carboxylic acids is 1. The van der Waals surface area contributed by atoms with Gasteiger partial charge in [0.1, 0.15) is 24.1 Å². The number of hydrogen-bond donors (Lipinski definition) is 7. The molecule has 2 saturated carbocycles. The van der Waals surface area contributed by atoms with Crippen LogP contribution >= 0.6 is 11.6 Å². The van der Waals surface area contributed by atoms with Gasteiger partial charge in [0.25, 0.3) is 5.91 Å². The number of pyridine rings is 1. The van der Waals surface area contributed by atoms with Crippen LogP contribution in [-0.4, -0.2) is 116 Å². The van der Waals surface area contributed by atoms with Crippen LogP contribution in [0.2, 0.25) is 5.02 Å². The second-order valence-electron chi connectivity index (χ2n) is 13.9. The summed E-state index contributed by atoms with van der Waals surface area (Å²) in [5.41, 5.74) is 5.13. The van der Waals surface area contributed by atoms with Crippen molar-refractivity contribution in [2.24, 2.45) is 0 Å². The number of amides is 1. The molecule has 2 aliphatic carbocycles. The van der Waals surface area contributed by atoms with Gasteiger partial charge in [0, 0.05) is 48.2 Å². The Morgan fingerprint density at radius 2 is 1.79 bits per heavy atom. The van der Waals surface area contributed by atoms with E-state index in [4.69, 9.17) is 31.3 Å². The molecule has 1 amide bonds. The number of aromatic nitrogens is 1. The zero-order chi connectivity index (χ0) is 37.3. The largest absolute Gasteiger partial charge is 0.490 e. The molecule has 1 unspecified atom stereocenters. The molecule has 5 atom stereocenters. The van der Waals surface area contributed by atoms with Gasteiger partial charge in [0.2, 0.25) is 0 Å². The summed E-state index contributed by atoms with van der Waals surface area (Å²) in [5, 5.41) is 63.1. The lowest BCUT2D eigenvalue weighted by Crippen LogP contribution is -2.53. The Bertz CT molecular complexity index is 1600. The maximum atomic E-state index is 13.1.